The zero-order valence-corrected chi connectivity index (χ0v) is 16.3. The maximum absolute atomic E-state index is 5.54. The van der Waals surface area contributed by atoms with Crippen molar-refractivity contribution in [3.8, 4) is 0 Å². The van der Waals surface area contributed by atoms with Crippen molar-refractivity contribution in [2.75, 3.05) is 28.4 Å². The van der Waals surface area contributed by atoms with Gasteiger partial charge in [-0.2, -0.15) is 5.10 Å². The summed E-state index contributed by atoms with van der Waals surface area (Å²) >= 11 is 0. The third-order valence-electron chi connectivity index (χ3n) is 4.54. The highest BCUT2D eigenvalue weighted by Gasteiger charge is 2.38. The molecule has 8 heteroatoms. The highest BCUT2D eigenvalue weighted by Crippen LogP contribution is 2.23. The van der Waals surface area contributed by atoms with Crippen molar-refractivity contribution in [1.82, 2.24) is 15.9 Å². The van der Waals surface area contributed by atoms with Crippen molar-refractivity contribution in [1.29, 1.82) is 0 Å². The van der Waals surface area contributed by atoms with Gasteiger partial charge in [0.25, 0.3) is 0 Å². The molecule has 8 nitrogen and oxygen atoms in total. The molecule has 0 amide bonds. The van der Waals surface area contributed by atoms with Crippen molar-refractivity contribution in [2.45, 2.75) is 44.6 Å². The molecule has 0 spiro atoms. The maximum atomic E-state index is 5.54. The molecule has 1 aliphatic heterocycles. The van der Waals surface area contributed by atoms with Gasteiger partial charge in [0.1, 0.15) is 12.1 Å². The molecule has 0 bridgehead atoms. The molecule has 1 aromatic carbocycles. The van der Waals surface area contributed by atoms with Crippen molar-refractivity contribution in [3.63, 3.8) is 0 Å². The van der Waals surface area contributed by atoms with Crippen LogP contribution in [0.4, 0.5) is 0 Å². The van der Waals surface area contributed by atoms with E-state index in [1.165, 1.54) is 0 Å². The zero-order chi connectivity index (χ0) is 19.1. The second-order valence-electron chi connectivity index (χ2n) is 6.09. The average molecular weight is 366 g/mol. The predicted molar refractivity (Wildman–Crippen MR) is 99.3 cm³/mol. The third kappa shape index (κ3) is 4.52. The minimum absolute atomic E-state index is 0.118. The van der Waals surface area contributed by atoms with Gasteiger partial charge in [0.05, 0.1) is 6.10 Å². The molecule has 2 rings (SSSR count). The van der Waals surface area contributed by atoms with E-state index in [4.69, 9.17) is 18.9 Å². The standard InChI is InChI=1S/C18H30N4O4/c1-12(23-3)16-19-20-17(13(2)24-4)22(16)21-15(18(25-5)26-6)14-10-8-7-9-11-14/h7-13,15-16,18-19,21H,1-6H3/t12-,13-,15-,16?/m0/s1. The van der Waals surface area contributed by atoms with Gasteiger partial charge in [0.2, 0.25) is 0 Å². The van der Waals surface area contributed by atoms with Gasteiger partial charge < -0.3 is 18.9 Å². The smallest absolute Gasteiger partial charge is 0.177 e. The number of hydrogen-bond acceptors (Lipinski definition) is 8. The number of nitrogens with zero attached hydrogens (tertiary/aromatic N) is 2. The Balaban J connectivity index is 2.33. The van der Waals surface area contributed by atoms with Crippen LogP contribution in [0.15, 0.2) is 35.4 Å². The first-order valence-corrected chi connectivity index (χ1v) is 8.62. The molecule has 0 fully saturated rings. The Morgan fingerprint density at radius 1 is 1.00 bits per heavy atom. The fourth-order valence-electron chi connectivity index (χ4n) is 2.84. The van der Waals surface area contributed by atoms with Gasteiger partial charge in [-0.15, -0.1) is 0 Å². The molecular formula is C18H30N4O4. The summed E-state index contributed by atoms with van der Waals surface area (Å²) in [6, 6.07) is 9.73. The van der Waals surface area contributed by atoms with Crippen LogP contribution in [0.2, 0.25) is 0 Å². The zero-order valence-electron chi connectivity index (χ0n) is 16.3. The van der Waals surface area contributed by atoms with E-state index in [0.717, 1.165) is 11.4 Å². The number of hydrazine groups is 1. The molecule has 0 saturated carbocycles. The number of hydrazone groups is 1. The average Bonchev–Trinajstić information content (AvgIpc) is 3.11. The van der Waals surface area contributed by atoms with Crippen LogP contribution in [0.1, 0.15) is 25.5 Å². The van der Waals surface area contributed by atoms with Crippen LogP contribution in [0, 0.1) is 0 Å². The number of benzene rings is 1. The van der Waals surface area contributed by atoms with Crippen molar-refractivity contribution in [2.24, 2.45) is 5.10 Å². The topological polar surface area (TPSA) is 76.6 Å². The first-order chi connectivity index (χ1) is 12.6. The maximum Gasteiger partial charge on any atom is 0.177 e. The molecule has 4 atom stereocenters. The number of amidine groups is 1. The van der Waals surface area contributed by atoms with E-state index in [1.807, 2.05) is 49.2 Å². The van der Waals surface area contributed by atoms with Gasteiger partial charge in [-0.25, -0.2) is 5.43 Å². The van der Waals surface area contributed by atoms with Crippen LogP contribution < -0.4 is 10.9 Å². The summed E-state index contributed by atoms with van der Waals surface area (Å²) in [5, 5.41) is 6.38. The van der Waals surface area contributed by atoms with Crippen molar-refractivity contribution in [3.05, 3.63) is 35.9 Å². The van der Waals surface area contributed by atoms with E-state index in [2.05, 4.69) is 16.0 Å². The molecule has 1 aromatic rings. The number of ether oxygens (including phenoxy) is 4. The minimum atomic E-state index is -0.490. The van der Waals surface area contributed by atoms with E-state index < -0.39 is 6.29 Å². The van der Waals surface area contributed by atoms with Crippen molar-refractivity contribution >= 4 is 5.84 Å². The van der Waals surface area contributed by atoms with Gasteiger partial charge in [0, 0.05) is 28.4 Å². The first kappa shape index (κ1) is 20.6. The normalized spacial score (nSPS) is 20.7. The van der Waals surface area contributed by atoms with Crippen molar-refractivity contribution < 1.29 is 18.9 Å². The van der Waals surface area contributed by atoms with E-state index in [1.54, 1.807) is 28.4 Å². The van der Waals surface area contributed by atoms with Crippen LogP contribution in [0.5, 0.6) is 0 Å². The summed E-state index contributed by atoms with van der Waals surface area (Å²) in [7, 11) is 6.57. The lowest BCUT2D eigenvalue weighted by Crippen LogP contribution is -2.58. The summed E-state index contributed by atoms with van der Waals surface area (Å²) in [5.74, 6) is 0.730. The van der Waals surface area contributed by atoms with E-state index in [0.29, 0.717) is 0 Å². The van der Waals surface area contributed by atoms with Gasteiger partial charge in [-0.3, -0.25) is 10.4 Å². The highest BCUT2D eigenvalue weighted by molar-refractivity contribution is 5.87. The third-order valence-corrected chi connectivity index (χ3v) is 4.54. The lowest BCUT2D eigenvalue weighted by Gasteiger charge is -2.37. The summed E-state index contributed by atoms with van der Waals surface area (Å²) in [6.45, 7) is 3.92. The van der Waals surface area contributed by atoms with Crippen LogP contribution in [-0.2, 0) is 18.9 Å². The molecule has 146 valence electrons. The van der Waals surface area contributed by atoms with E-state index >= 15 is 0 Å². The summed E-state index contributed by atoms with van der Waals surface area (Å²) in [6.07, 6.45) is -1.01. The fraction of sp³-hybridized carbons (Fsp3) is 0.611. The first-order valence-electron chi connectivity index (χ1n) is 8.62. The lowest BCUT2D eigenvalue weighted by atomic mass is 10.1. The second kappa shape index (κ2) is 9.84. The number of hydrogen-bond donors (Lipinski definition) is 2. The highest BCUT2D eigenvalue weighted by atomic mass is 16.7. The van der Waals surface area contributed by atoms with Crippen LogP contribution in [0.25, 0.3) is 0 Å². The number of methoxy groups -OCH3 is 4. The summed E-state index contributed by atoms with van der Waals surface area (Å²) in [4.78, 5) is 0. The largest absolute Gasteiger partial charge is 0.378 e. The Morgan fingerprint density at radius 2 is 1.65 bits per heavy atom. The number of nitrogens with one attached hydrogen (secondary N) is 2. The number of rotatable bonds is 10. The molecule has 0 aromatic heterocycles. The molecule has 0 aliphatic carbocycles. The van der Waals surface area contributed by atoms with E-state index in [9.17, 15) is 0 Å². The SMILES string of the molecule is COC(OC)[C@@H](NN1C([C@H](C)OC)=NNC1[C@H](C)OC)c1ccccc1. The van der Waals surface area contributed by atoms with E-state index in [-0.39, 0.29) is 24.4 Å². The monoisotopic (exact) mass is 366 g/mol. The summed E-state index contributed by atoms with van der Waals surface area (Å²) in [5.41, 5.74) is 7.64. The Kier molecular flexibility index (Phi) is 7.80. The second-order valence-corrected chi connectivity index (χ2v) is 6.09. The Bertz CT molecular complexity index is 568. The molecule has 1 unspecified atom stereocenters. The fourth-order valence-corrected chi connectivity index (χ4v) is 2.84. The molecule has 0 radical (unpaired) electrons. The Morgan fingerprint density at radius 3 is 2.19 bits per heavy atom. The van der Waals surface area contributed by atoms with Crippen LogP contribution in [0.3, 0.4) is 0 Å². The van der Waals surface area contributed by atoms with Gasteiger partial charge in [-0.1, -0.05) is 30.3 Å². The van der Waals surface area contributed by atoms with Gasteiger partial charge >= 0.3 is 0 Å². The lowest BCUT2D eigenvalue weighted by molar-refractivity contribution is -0.135. The summed E-state index contributed by atoms with van der Waals surface area (Å²) < 4.78 is 22.0. The van der Waals surface area contributed by atoms with Crippen LogP contribution >= 0.6 is 0 Å². The van der Waals surface area contributed by atoms with Gasteiger partial charge in [0.15, 0.2) is 18.3 Å². The molecule has 1 heterocycles. The molecule has 2 N–H and O–H groups in total. The molecule has 0 saturated heterocycles. The van der Waals surface area contributed by atoms with Crippen LogP contribution in [-0.4, -0.2) is 63.9 Å². The Hall–Kier alpha value is -1.71. The molecule has 1 aliphatic rings. The Labute approximate surface area is 155 Å². The molecular weight excluding hydrogens is 336 g/mol. The minimum Gasteiger partial charge on any atom is -0.378 e. The molecule has 26 heavy (non-hydrogen) atoms. The van der Waals surface area contributed by atoms with Gasteiger partial charge in [-0.05, 0) is 19.4 Å². The predicted octanol–water partition coefficient (Wildman–Crippen LogP) is 1.47. The quantitative estimate of drug-likeness (QED) is 0.607.